The number of rotatable bonds is 4. The van der Waals surface area contributed by atoms with Crippen LogP contribution in [-0.4, -0.2) is 5.54 Å². The smallest absolute Gasteiger partial charge is 0.141 e. The maximum Gasteiger partial charge on any atom is 0.141 e. The van der Waals surface area contributed by atoms with Gasteiger partial charge in [0, 0.05) is 5.54 Å². The van der Waals surface area contributed by atoms with Gasteiger partial charge in [0.05, 0.1) is 5.02 Å². The van der Waals surface area contributed by atoms with Crippen LogP contribution in [0.25, 0.3) is 0 Å². The first-order chi connectivity index (χ1) is 9.35. The molecule has 1 nitrogen and oxygen atoms in total. The molecule has 2 aromatic carbocycles. The van der Waals surface area contributed by atoms with Crippen LogP contribution in [0.3, 0.4) is 0 Å². The second kappa shape index (κ2) is 5.90. The topological polar surface area (TPSA) is 26.0 Å². The lowest BCUT2D eigenvalue weighted by atomic mass is 9.87. The van der Waals surface area contributed by atoms with Crippen molar-refractivity contribution in [3.63, 3.8) is 0 Å². The summed E-state index contributed by atoms with van der Waals surface area (Å²) in [6.45, 7) is 1.91. The van der Waals surface area contributed by atoms with Gasteiger partial charge >= 0.3 is 0 Å². The Labute approximate surface area is 122 Å². The van der Waals surface area contributed by atoms with Crippen molar-refractivity contribution in [2.24, 2.45) is 5.73 Å². The fourth-order valence-electron chi connectivity index (χ4n) is 2.25. The number of hydrogen-bond acceptors (Lipinski definition) is 1. The Morgan fingerprint density at radius 1 is 1.00 bits per heavy atom. The van der Waals surface area contributed by atoms with Crippen molar-refractivity contribution in [2.75, 3.05) is 0 Å². The highest BCUT2D eigenvalue weighted by atomic mass is 35.5. The molecule has 0 aliphatic carbocycles. The Kier molecular flexibility index (Phi) is 4.41. The second-order valence-corrected chi connectivity index (χ2v) is 5.79. The average Bonchev–Trinajstić information content (AvgIpc) is 2.36. The molecule has 0 saturated heterocycles. The van der Waals surface area contributed by atoms with Gasteiger partial charge in [0.25, 0.3) is 0 Å². The van der Waals surface area contributed by atoms with Crippen LogP contribution in [0.5, 0.6) is 0 Å². The minimum absolute atomic E-state index is 0.0973. The molecule has 106 valence electrons. The van der Waals surface area contributed by atoms with Gasteiger partial charge in [0.2, 0.25) is 0 Å². The maximum atomic E-state index is 13.1. The molecule has 2 N–H and O–H groups in total. The van der Waals surface area contributed by atoms with Crippen LogP contribution in [0.15, 0.2) is 42.5 Å². The minimum Gasteiger partial charge on any atom is -0.325 e. The van der Waals surface area contributed by atoms with Gasteiger partial charge in [-0.15, -0.1) is 0 Å². The van der Waals surface area contributed by atoms with Crippen molar-refractivity contribution in [3.05, 3.63) is 70.2 Å². The molecule has 4 heteroatoms. The summed E-state index contributed by atoms with van der Waals surface area (Å²) in [7, 11) is 0. The molecular weight excluding hydrogens is 280 g/mol. The number of nitrogens with two attached hydrogens (primary N) is 1. The molecule has 1 unspecified atom stereocenters. The van der Waals surface area contributed by atoms with Crippen LogP contribution in [0, 0.1) is 11.6 Å². The molecule has 0 aliphatic heterocycles. The SMILES string of the molecule is CC(N)(Cc1ccc(F)cc1)Cc1ccc(F)c(Cl)c1. The van der Waals surface area contributed by atoms with Crippen LogP contribution in [0.4, 0.5) is 8.78 Å². The quantitative estimate of drug-likeness (QED) is 0.902. The lowest BCUT2D eigenvalue weighted by molar-refractivity contribution is 0.462. The predicted octanol–water partition coefficient (Wildman–Crippen LogP) is 4.12. The van der Waals surface area contributed by atoms with E-state index in [0.717, 1.165) is 11.1 Å². The molecule has 0 spiro atoms. The van der Waals surface area contributed by atoms with Gasteiger partial charge in [0.1, 0.15) is 11.6 Å². The highest BCUT2D eigenvalue weighted by molar-refractivity contribution is 6.30. The fraction of sp³-hybridized carbons (Fsp3) is 0.250. The molecule has 0 saturated carbocycles. The minimum atomic E-state index is -0.515. The maximum absolute atomic E-state index is 13.1. The first kappa shape index (κ1) is 14.9. The highest BCUT2D eigenvalue weighted by Gasteiger charge is 2.20. The Morgan fingerprint density at radius 3 is 2.15 bits per heavy atom. The molecule has 0 aromatic heterocycles. The first-order valence-corrected chi connectivity index (χ1v) is 6.71. The first-order valence-electron chi connectivity index (χ1n) is 6.33. The van der Waals surface area contributed by atoms with Crippen molar-refractivity contribution in [1.82, 2.24) is 0 Å². The zero-order valence-electron chi connectivity index (χ0n) is 11.2. The monoisotopic (exact) mass is 295 g/mol. The fourth-order valence-corrected chi connectivity index (χ4v) is 2.45. The van der Waals surface area contributed by atoms with E-state index in [2.05, 4.69) is 0 Å². The van der Waals surface area contributed by atoms with Gasteiger partial charge in [0.15, 0.2) is 0 Å². The van der Waals surface area contributed by atoms with Gasteiger partial charge in [-0.05, 0) is 55.2 Å². The number of benzene rings is 2. The molecule has 0 radical (unpaired) electrons. The van der Waals surface area contributed by atoms with E-state index in [0.29, 0.717) is 12.8 Å². The van der Waals surface area contributed by atoms with Crippen LogP contribution in [0.2, 0.25) is 5.02 Å². The molecule has 2 rings (SSSR count). The summed E-state index contributed by atoms with van der Waals surface area (Å²) in [5.74, 6) is -0.703. The zero-order valence-corrected chi connectivity index (χ0v) is 11.9. The molecule has 0 heterocycles. The third kappa shape index (κ3) is 4.02. The third-order valence-corrected chi connectivity index (χ3v) is 3.40. The molecule has 0 bridgehead atoms. The number of hydrogen-bond donors (Lipinski definition) is 1. The summed E-state index contributed by atoms with van der Waals surface area (Å²) in [6.07, 6.45) is 1.16. The van der Waals surface area contributed by atoms with E-state index in [4.69, 9.17) is 17.3 Å². The van der Waals surface area contributed by atoms with E-state index in [1.165, 1.54) is 18.2 Å². The van der Waals surface area contributed by atoms with Gasteiger partial charge in [-0.3, -0.25) is 0 Å². The van der Waals surface area contributed by atoms with E-state index in [-0.39, 0.29) is 10.8 Å². The Morgan fingerprint density at radius 2 is 1.55 bits per heavy atom. The number of halogens is 3. The highest BCUT2D eigenvalue weighted by Crippen LogP contribution is 2.21. The Hall–Kier alpha value is -1.45. The summed E-state index contributed by atoms with van der Waals surface area (Å²) in [5, 5.41) is 0.0973. The van der Waals surface area contributed by atoms with Crippen LogP contribution in [0.1, 0.15) is 18.1 Å². The molecule has 1 atom stereocenters. The Balaban J connectivity index is 2.09. The lowest BCUT2D eigenvalue weighted by Crippen LogP contribution is -2.40. The predicted molar refractivity (Wildman–Crippen MR) is 77.8 cm³/mol. The summed E-state index contributed by atoms with van der Waals surface area (Å²) >= 11 is 5.76. The average molecular weight is 296 g/mol. The lowest BCUT2D eigenvalue weighted by Gasteiger charge is -2.25. The molecular formula is C16H16ClF2N. The van der Waals surface area contributed by atoms with E-state index in [1.807, 2.05) is 6.92 Å². The van der Waals surface area contributed by atoms with Gasteiger partial charge in [-0.2, -0.15) is 0 Å². The van der Waals surface area contributed by atoms with Gasteiger partial charge in [-0.1, -0.05) is 29.8 Å². The summed E-state index contributed by atoms with van der Waals surface area (Å²) < 4.78 is 26.0. The molecule has 0 fully saturated rings. The van der Waals surface area contributed by atoms with Gasteiger partial charge < -0.3 is 5.73 Å². The zero-order chi connectivity index (χ0) is 14.8. The molecule has 0 aliphatic rings. The van der Waals surface area contributed by atoms with Crippen LogP contribution >= 0.6 is 11.6 Å². The largest absolute Gasteiger partial charge is 0.325 e. The van der Waals surface area contributed by atoms with Gasteiger partial charge in [-0.25, -0.2) is 8.78 Å². The standard InChI is InChI=1S/C16H16ClF2N/c1-16(20,9-11-2-5-13(18)6-3-11)10-12-4-7-15(19)14(17)8-12/h2-8H,9-10,20H2,1H3. The summed E-state index contributed by atoms with van der Waals surface area (Å²) in [5.41, 5.74) is 7.60. The van der Waals surface area contributed by atoms with Crippen molar-refractivity contribution in [1.29, 1.82) is 0 Å². The molecule has 2 aromatic rings. The van der Waals surface area contributed by atoms with E-state index in [1.54, 1.807) is 24.3 Å². The molecule has 20 heavy (non-hydrogen) atoms. The third-order valence-electron chi connectivity index (χ3n) is 3.11. The Bertz CT molecular complexity index is 594. The van der Waals surface area contributed by atoms with Crippen molar-refractivity contribution < 1.29 is 8.78 Å². The van der Waals surface area contributed by atoms with Crippen molar-refractivity contribution in [3.8, 4) is 0 Å². The normalized spacial score (nSPS) is 14.1. The second-order valence-electron chi connectivity index (χ2n) is 5.38. The summed E-state index contributed by atoms with van der Waals surface area (Å²) in [4.78, 5) is 0. The van der Waals surface area contributed by atoms with Crippen LogP contribution in [-0.2, 0) is 12.8 Å². The molecule has 0 amide bonds. The summed E-state index contributed by atoms with van der Waals surface area (Å²) in [6, 6.07) is 10.9. The van der Waals surface area contributed by atoms with E-state index >= 15 is 0 Å². The van der Waals surface area contributed by atoms with E-state index in [9.17, 15) is 8.78 Å². The van der Waals surface area contributed by atoms with Crippen LogP contribution < -0.4 is 5.73 Å². The van der Waals surface area contributed by atoms with Crippen molar-refractivity contribution >= 4 is 11.6 Å². The van der Waals surface area contributed by atoms with E-state index < -0.39 is 11.4 Å². The van der Waals surface area contributed by atoms with Crippen molar-refractivity contribution in [2.45, 2.75) is 25.3 Å².